The van der Waals surface area contributed by atoms with Crippen molar-refractivity contribution in [3.05, 3.63) is 42.2 Å². The van der Waals surface area contributed by atoms with Crippen LogP contribution in [0.25, 0.3) is 11.4 Å². The molecule has 1 atom stereocenters. The first-order valence-electron chi connectivity index (χ1n) is 8.90. The van der Waals surface area contributed by atoms with Gasteiger partial charge in [0, 0.05) is 44.5 Å². The molecule has 2 aliphatic heterocycles. The summed E-state index contributed by atoms with van der Waals surface area (Å²) < 4.78 is 5.63. The Hall–Kier alpha value is -2.83. The Morgan fingerprint density at radius 3 is 2.85 bits per heavy atom. The second-order valence-electron chi connectivity index (χ2n) is 7.04. The molecule has 7 nitrogen and oxygen atoms in total. The van der Waals surface area contributed by atoms with E-state index in [1.54, 1.807) is 24.3 Å². The van der Waals surface area contributed by atoms with Crippen molar-refractivity contribution in [1.82, 2.24) is 19.8 Å². The smallest absolute Gasteiger partial charge is 0.410 e. The number of imidazole rings is 1. The van der Waals surface area contributed by atoms with Gasteiger partial charge in [-0.1, -0.05) is 18.2 Å². The molecule has 1 spiro atoms. The molecule has 0 aliphatic carbocycles. The highest BCUT2D eigenvalue weighted by Gasteiger charge is 2.44. The fourth-order valence-corrected chi connectivity index (χ4v) is 3.88. The first-order chi connectivity index (χ1) is 12.6. The number of H-pyrrole nitrogens is 1. The summed E-state index contributed by atoms with van der Waals surface area (Å²) in [5, 5.41) is 0. The maximum Gasteiger partial charge on any atom is 0.410 e. The first-order valence-corrected chi connectivity index (χ1v) is 8.90. The van der Waals surface area contributed by atoms with Gasteiger partial charge in [-0.25, -0.2) is 9.78 Å². The minimum absolute atomic E-state index is 0.00766. The summed E-state index contributed by atoms with van der Waals surface area (Å²) in [5.41, 5.74) is 0.980. The van der Waals surface area contributed by atoms with E-state index in [4.69, 9.17) is 4.74 Å². The Morgan fingerprint density at radius 2 is 2.12 bits per heavy atom. The predicted molar refractivity (Wildman–Crippen MR) is 95.6 cm³/mol. The number of likely N-dealkylation sites (tertiary alicyclic amines) is 1. The minimum atomic E-state index is -0.457. The van der Waals surface area contributed by atoms with E-state index in [1.807, 2.05) is 29.2 Å². The molecule has 136 valence electrons. The van der Waals surface area contributed by atoms with Crippen molar-refractivity contribution in [3.8, 4) is 11.4 Å². The summed E-state index contributed by atoms with van der Waals surface area (Å²) in [5.74, 6) is 0.679. The Labute approximate surface area is 152 Å². The Bertz CT molecular complexity index is 820. The van der Waals surface area contributed by atoms with E-state index < -0.39 is 5.60 Å². The number of carbonyl (C=O) groups is 2. The molecule has 1 unspecified atom stereocenters. The van der Waals surface area contributed by atoms with Crippen LogP contribution in [0.15, 0.2) is 36.7 Å². The second-order valence-corrected chi connectivity index (χ2v) is 7.04. The zero-order valence-electron chi connectivity index (χ0n) is 14.8. The number of aromatic amines is 1. The van der Waals surface area contributed by atoms with Gasteiger partial charge in [-0.05, 0) is 18.9 Å². The van der Waals surface area contributed by atoms with Crippen LogP contribution in [0.4, 0.5) is 4.79 Å². The molecule has 7 heteroatoms. The lowest BCUT2D eigenvalue weighted by Crippen LogP contribution is -2.37. The van der Waals surface area contributed by atoms with Crippen LogP contribution >= 0.6 is 0 Å². The number of hydrogen-bond acceptors (Lipinski definition) is 4. The number of hydrogen-bond donors (Lipinski definition) is 1. The van der Waals surface area contributed by atoms with Gasteiger partial charge in [0.25, 0.3) is 5.91 Å². The van der Waals surface area contributed by atoms with E-state index in [0.29, 0.717) is 37.4 Å². The molecular weight excluding hydrogens is 332 g/mol. The summed E-state index contributed by atoms with van der Waals surface area (Å²) >= 11 is 0. The zero-order valence-corrected chi connectivity index (χ0v) is 14.8. The number of aromatic nitrogens is 2. The van der Waals surface area contributed by atoms with Gasteiger partial charge in [-0.2, -0.15) is 0 Å². The van der Waals surface area contributed by atoms with Gasteiger partial charge in [0.2, 0.25) is 0 Å². The molecule has 1 N–H and O–H groups in total. The molecule has 2 aliphatic rings. The lowest BCUT2D eigenvalue weighted by molar-refractivity contribution is 0.0439. The van der Waals surface area contributed by atoms with Crippen LogP contribution in [0, 0.1) is 0 Å². The van der Waals surface area contributed by atoms with Crippen LogP contribution in [-0.2, 0) is 4.74 Å². The van der Waals surface area contributed by atoms with Crippen LogP contribution in [0.1, 0.15) is 29.6 Å². The van der Waals surface area contributed by atoms with Crippen molar-refractivity contribution in [2.45, 2.75) is 24.9 Å². The summed E-state index contributed by atoms with van der Waals surface area (Å²) in [6.07, 6.45) is 5.42. The topological polar surface area (TPSA) is 78.5 Å². The van der Waals surface area contributed by atoms with Crippen molar-refractivity contribution in [1.29, 1.82) is 0 Å². The van der Waals surface area contributed by atoms with Gasteiger partial charge in [0.15, 0.2) is 0 Å². The molecule has 2 saturated heterocycles. The predicted octanol–water partition coefficient (Wildman–Crippen LogP) is 2.52. The fraction of sp³-hybridized carbons (Fsp3) is 0.421. The summed E-state index contributed by atoms with van der Waals surface area (Å²) in [7, 11) is 1.75. The summed E-state index contributed by atoms with van der Waals surface area (Å²) in [6.45, 7) is 1.83. The quantitative estimate of drug-likeness (QED) is 0.899. The lowest BCUT2D eigenvalue weighted by Gasteiger charge is -2.25. The highest BCUT2D eigenvalue weighted by Crippen LogP contribution is 2.33. The molecule has 26 heavy (non-hydrogen) atoms. The molecule has 2 aromatic rings. The molecule has 3 heterocycles. The number of amides is 2. The van der Waals surface area contributed by atoms with Crippen molar-refractivity contribution >= 4 is 12.0 Å². The van der Waals surface area contributed by atoms with E-state index in [1.165, 1.54) is 0 Å². The molecule has 0 radical (unpaired) electrons. The van der Waals surface area contributed by atoms with Gasteiger partial charge < -0.3 is 19.5 Å². The van der Waals surface area contributed by atoms with Crippen molar-refractivity contribution in [3.63, 3.8) is 0 Å². The third-order valence-electron chi connectivity index (χ3n) is 5.24. The lowest BCUT2D eigenvalue weighted by atomic mass is 9.95. The molecule has 2 fully saturated rings. The highest BCUT2D eigenvalue weighted by molar-refractivity contribution is 6.00. The average molecular weight is 354 g/mol. The third kappa shape index (κ3) is 2.94. The van der Waals surface area contributed by atoms with E-state index in [-0.39, 0.29) is 12.0 Å². The largest absolute Gasteiger partial charge is 0.441 e. The van der Waals surface area contributed by atoms with E-state index in [9.17, 15) is 9.59 Å². The Kier molecular flexibility index (Phi) is 4.14. The van der Waals surface area contributed by atoms with Gasteiger partial charge >= 0.3 is 6.09 Å². The molecule has 2 amide bonds. The molecule has 1 aromatic carbocycles. The molecule has 4 rings (SSSR count). The average Bonchev–Trinajstić information content (AvgIpc) is 3.21. The van der Waals surface area contributed by atoms with Crippen LogP contribution < -0.4 is 0 Å². The third-order valence-corrected chi connectivity index (χ3v) is 5.24. The van der Waals surface area contributed by atoms with Gasteiger partial charge in [0.1, 0.15) is 11.4 Å². The maximum absolute atomic E-state index is 13.2. The summed E-state index contributed by atoms with van der Waals surface area (Å²) in [6, 6.07) is 7.51. The van der Waals surface area contributed by atoms with Crippen LogP contribution in [-0.4, -0.2) is 64.1 Å². The van der Waals surface area contributed by atoms with Crippen LogP contribution in [0.5, 0.6) is 0 Å². The number of likely N-dealkylation sites (N-methyl/N-ethyl adjacent to an activating group) is 1. The normalized spacial score (nSPS) is 23.2. The van der Waals surface area contributed by atoms with Crippen molar-refractivity contribution in [2.75, 3.05) is 26.7 Å². The second kappa shape index (κ2) is 6.48. The van der Waals surface area contributed by atoms with E-state index >= 15 is 0 Å². The Balaban J connectivity index is 1.54. The monoisotopic (exact) mass is 354 g/mol. The first kappa shape index (κ1) is 16.6. The zero-order chi connectivity index (χ0) is 18.1. The number of ether oxygens (including phenoxy) is 1. The van der Waals surface area contributed by atoms with Crippen molar-refractivity contribution < 1.29 is 14.3 Å². The van der Waals surface area contributed by atoms with E-state index in [0.717, 1.165) is 18.4 Å². The number of rotatable bonds is 2. The summed E-state index contributed by atoms with van der Waals surface area (Å²) in [4.78, 5) is 35.8. The number of nitrogens with one attached hydrogen (secondary N) is 1. The molecule has 1 aromatic heterocycles. The van der Waals surface area contributed by atoms with Gasteiger partial charge in [-0.3, -0.25) is 4.79 Å². The van der Waals surface area contributed by atoms with Crippen LogP contribution in [0.2, 0.25) is 0 Å². The SMILES string of the molecule is CN1CC2(CCCN(C(=O)c3ccccc3-c3ncc[nH]3)CC2)OC1=O. The molecular formula is C19H22N4O3. The standard InChI is InChI=1S/C19H22N4O3/c1-22-13-19(26-18(22)25)7-4-11-23(12-8-19)17(24)15-6-3-2-5-14(15)16-20-9-10-21-16/h2-3,5-6,9-10H,4,7-8,11-13H2,1H3,(H,20,21). The van der Waals surface area contributed by atoms with Crippen molar-refractivity contribution in [2.24, 2.45) is 0 Å². The molecule has 0 saturated carbocycles. The molecule has 0 bridgehead atoms. The minimum Gasteiger partial charge on any atom is -0.441 e. The fourth-order valence-electron chi connectivity index (χ4n) is 3.88. The maximum atomic E-state index is 13.2. The number of carbonyl (C=O) groups excluding carboxylic acids is 2. The van der Waals surface area contributed by atoms with E-state index in [2.05, 4.69) is 9.97 Å². The number of benzene rings is 1. The van der Waals surface area contributed by atoms with Crippen LogP contribution in [0.3, 0.4) is 0 Å². The highest BCUT2D eigenvalue weighted by atomic mass is 16.6. The number of nitrogens with zero attached hydrogens (tertiary/aromatic N) is 3. The van der Waals surface area contributed by atoms with Gasteiger partial charge in [-0.15, -0.1) is 0 Å². The Morgan fingerprint density at radius 1 is 1.27 bits per heavy atom. The van der Waals surface area contributed by atoms with Gasteiger partial charge in [0.05, 0.1) is 12.1 Å².